The van der Waals surface area contributed by atoms with Crippen molar-refractivity contribution < 1.29 is 9.53 Å². The Morgan fingerprint density at radius 2 is 2.31 bits per heavy atom. The largest absolute Gasteiger partial charge is 0.463 e. The Labute approximate surface area is 80.0 Å². The van der Waals surface area contributed by atoms with Crippen LogP contribution in [0.5, 0.6) is 0 Å². The molecule has 0 aromatic carbocycles. The molecule has 0 spiro atoms. The summed E-state index contributed by atoms with van der Waals surface area (Å²) >= 11 is 0. The standard InChI is InChI=1S/C11H18O2/c1-3-13-11(12)8-7-10-6-4-5-9(10)2/h7-10H,3-6H2,1-2H3/b8-7+. The predicted octanol–water partition coefficient (Wildman–Crippen LogP) is 2.54. The highest BCUT2D eigenvalue weighted by Crippen LogP contribution is 2.31. The van der Waals surface area contributed by atoms with Crippen molar-refractivity contribution in [1.29, 1.82) is 0 Å². The van der Waals surface area contributed by atoms with Crippen molar-refractivity contribution in [3.63, 3.8) is 0 Å². The Kier molecular flexibility index (Phi) is 4.00. The van der Waals surface area contributed by atoms with Crippen molar-refractivity contribution >= 4 is 5.97 Å². The van der Waals surface area contributed by atoms with Crippen LogP contribution < -0.4 is 0 Å². The zero-order chi connectivity index (χ0) is 9.68. The molecule has 2 atom stereocenters. The van der Waals surface area contributed by atoms with Crippen molar-refractivity contribution in [2.45, 2.75) is 33.1 Å². The van der Waals surface area contributed by atoms with E-state index in [0.29, 0.717) is 12.5 Å². The molecule has 1 rings (SSSR count). The van der Waals surface area contributed by atoms with E-state index < -0.39 is 0 Å². The molecule has 0 amide bonds. The van der Waals surface area contributed by atoms with Crippen molar-refractivity contribution in [3.05, 3.63) is 12.2 Å². The number of allylic oxidation sites excluding steroid dienone is 1. The number of esters is 1. The molecule has 2 nitrogen and oxygen atoms in total. The van der Waals surface area contributed by atoms with Crippen LogP contribution in [0, 0.1) is 11.8 Å². The van der Waals surface area contributed by atoms with E-state index in [2.05, 4.69) is 6.92 Å². The van der Waals surface area contributed by atoms with Gasteiger partial charge in [0.2, 0.25) is 0 Å². The van der Waals surface area contributed by atoms with Gasteiger partial charge in [0, 0.05) is 6.08 Å². The van der Waals surface area contributed by atoms with Crippen LogP contribution in [-0.2, 0) is 9.53 Å². The number of ether oxygens (including phenoxy) is 1. The maximum absolute atomic E-state index is 11.0. The van der Waals surface area contributed by atoms with E-state index in [4.69, 9.17) is 4.74 Å². The van der Waals surface area contributed by atoms with Gasteiger partial charge in [0.15, 0.2) is 0 Å². The van der Waals surface area contributed by atoms with Crippen LogP contribution in [0.1, 0.15) is 33.1 Å². The molecule has 0 N–H and O–H groups in total. The molecular formula is C11H18O2. The second-order valence-electron chi connectivity index (χ2n) is 3.68. The molecule has 0 bridgehead atoms. The lowest BCUT2D eigenvalue weighted by atomic mass is 9.98. The fourth-order valence-corrected chi connectivity index (χ4v) is 1.85. The third-order valence-corrected chi connectivity index (χ3v) is 2.69. The zero-order valence-electron chi connectivity index (χ0n) is 8.45. The van der Waals surface area contributed by atoms with Crippen LogP contribution in [0.15, 0.2) is 12.2 Å². The molecule has 0 radical (unpaired) electrons. The lowest BCUT2D eigenvalue weighted by molar-refractivity contribution is -0.137. The van der Waals surface area contributed by atoms with E-state index in [1.807, 2.05) is 13.0 Å². The van der Waals surface area contributed by atoms with E-state index in [0.717, 1.165) is 5.92 Å². The summed E-state index contributed by atoms with van der Waals surface area (Å²) in [7, 11) is 0. The lowest BCUT2D eigenvalue weighted by Crippen LogP contribution is -2.03. The summed E-state index contributed by atoms with van der Waals surface area (Å²) in [5.41, 5.74) is 0. The normalized spacial score (nSPS) is 28.2. The smallest absolute Gasteiger partial charge is 0.330 e. The highest BCUT2D eigenvalue weighted by Gasteiger charge is 2.20. The fraction of sp³-hybridized carbons (Fsp3) is 0.727. The van der Waals surface area contributed by atoms with Gasteiger partial charge in [-0.25, -0.2) is 4.79 Å². The average Bonchev–Trinajstić information content (AvgIpc) is 2.48. The van der Waals surface area contributed by atoms with Crippen molar-refractivity contribution in [1.82, 2.24) is 0 Å². The SMILES string of the molecule is CCOC(=O)/C=C/C1CCCC1C. The lowest BCUT2D eigenvalue weighted by Gasteiger charge is -2.08. The van der Waals surface area contributed by atoms with Crippen LogP contribution in [0.2, 0.25) is 0 Å². The van der Waals surface area contributed by atoms with Crippen molar-refractivity contribution in [3.8, 4) is 0 Å². The Morgan fingerprint density at radius 3 is 2.85 bits per heavy atom. The van der Waals surface area contributed by atoms with Gasteiger partial charge >= 0.3 is 5.97 Å². The van der Waals surface area contributed by atoms with Crippen molar-refractivity contribution in [2.24, 2.45) is 11.8 Å². The molecule has 0 aliphatic heterocycles. The minimum atomic E-state index is -0.207. The van der Waals surface area contributed by atoms with Gasteiger partial charge < -0.3 is 4.74 Å². The molecule has 74 valence electrons. The first-order valence-electron chi connectivity index (χ1n) is 5.09. The highest BCUT2D eigenvalue weighted by molar-refractivity contribution is 5.81. The molecule has 0 aromatic heterocycles. The number of hydrogen-bond acceptors (Lipinski definition) is 2. The summed E-state index contributed by atoms with van der Waals surface area (Å²) in [6.07, 6.45) is 7.39. The van der Waals surface area contributed by atoms with E-state index in [1.165, 1.54) is 19.3 Å². The van der Waals surface area contributed by atoms with Gasteiger partial charge in [0.25, 0.3) is 0 Å². The van der Waals surface area contributed by atoms with E-state index in [-0.39, 0.29) is 5.97 Å². The molecule has 1 aliphatic carbocycles. The molecule has 0 heterocycles. The van der Waals surface area contributed by atoms with Crippen molar-refractivity contribution in [2.75, 3.05) is 6.61 Å². The van der Waals surface area contributed by atoms with E-state index in [1.54, 1.807) is 6.08 Å². The number of carbonyl (C=O) groups excluding carboxylic acids is 1. The molecule has 0 saturated heterocycles. The van der Waals surface area contributed by atoms with Gasteiger partial charge in [-0.05, 0) is 25.2 Å². The second-order valence-corrected chi connectivity index (χ2v) is 3.68. The third kappa shape index (κ3) is 3.21. The summed E-state index contributed by atoms with van der Waals surface area (Å²) in [5, 5.41) is 0. The molecule has 2 heteroatoms. The summed E-state index contributed by atoms with van der Waals surface area (Å²) < 4.78 is 4.81. The molecule has 13 heavy (non-hydrogen) atoms. The Bertz CT molecular complexity index is 196. The van der Waals surface area contributed by atoms with Crippen LogP contribution in [0.25, 0.3) is 0 Å². The molecule has 1 fully saturated rings. The monoisotopic (exact) mass is 182 g/mol. The minimum absolute atomic E-state index is 0.207. The average molecular weight is 182 g/mol. The maximum Gasteiger partial charge on any atom is 0.330 e. The van der Waals surface area contributed by atoms with Gasteiger partial charge in [-0.3, -0.25) is 0 Å². The second kappa shape index (κ2) is 5.05. The highest BCUT2D eigenvalue weighted by atomic mass is 16.5. The first kappa shape index (κ1) is 10.3. The number of carbonyl (C=O) groups is 1. The third-order valence-electron chi connectivity index (χ3n) is 2.69. The first-order valence-corrected chi connectivity index (χ1v) is 5.09. The Hall–Kier alpha value is -0.790. The van der Waals surface area contributed by atoms with Crippen LogP contribution in [0.3, 0.4) is 0 Å². The van der Waals surface area contributed by atoms with Gasteiger partial charge in [0.1, 0.15) is 0 Å². The number of hydrogen-bond donors (Lipinski definition) is 0. The van der Waals surface area contributed by atoms with Gasteiger partial charge in [-0.15, -0.1) is 0 Å². The zero-order valence-corrected chi connectivity index (χ0v) is 8.45. The van der Waals surface area contributed by atoms with Gasteiger partial charge in [-0.2, -0.15) is 0 Å². The van der Waals surface area contributed by atoms with Gasteiger partial charge in [-0.1, -0.05) is 25.8 Å². The van der Waals surface area contributed by atoms with Crippen LogP contribution >= 0.6 is 0 Å². The van der Waals surface area contributed by atoms with E-state index >= 15 is 0 Å². The Balaban J connectivity index is 2.34. The molecule has 1 aliphatic rings. The van der Waals surface area contributed by atoms with Crippen LogP contribution in [-0.4, -0.2) is 12.6 Å². The minimum Gasteiger partial charge on any atom is -0.463 e. The van der Waals surface area contributed by atoms with E-state index in [9.17, 15) is 4.79 Å². The fourth-order valence-electron chi connectivity index (χ4n) is 1.85. The number of rotatable bonds is 3. The molecule has 0 aromatic rings. The molecule has 1 saturated carbocycles. The maximum atomic E-state index is 11.0. The summed E-state index contributed by atoms with van der Waals surface area (Å²) in [4.78, 5) is 11.0. The first-order chi connectivity index (χ1) is 6.24. The summed E-state index contributed by atoms with van der Waals surface area (Å²) in [6, 6.07) is 0. The Morgan fingerprint density at radius 1 is 1.54 bits per heavy atom. The summed E-state index contributed by atoms with van der Waals surface area (Å²) in [6.45, 7) is 4.53. The van der Waals surface area contributed by atoms with Gasteiger partial charge in [0.05, 0.1) is 6.61 Å². The summed E-state index contributed by atoms with van der Waals surface area (Å²) in [5.74, 6) is 1.11. The topological polar surface area (TPSA) is 26.3 Å². The quantitative estimate of drug-likeness (QED) is 0.495. The predicted molar refractivity (Wildman–Crippen MR) is 52.3 cm³/mol. The van der Waals surface area contributed by atoms with Crippen LogP contribution in [0.4, 0.5) is 0 Å². The molecule has 2 unspecified atom stereocenters. The molecular weight excluding hydrogens is 164 g/mol.